The Morgan fingerprint density at radius 2 is 2.17 bits per heavy atom. The van der Waals surface area contributed by atoms with E-state index in [9.17, 15) is 19.8 Å². The zero-order chi connectivity index (χ0) is 20.5. The van der Waals surface area contributed by atoms with Crippen LogP contribution in [0.15, 0.2) is 28.8 Å². The molecule has 3 aromatic rings. The van der Waals surface area contributed by atoms with Gasteiger partial charge in [-0.1, -0.05) is 16.8 Å². The molecule has 1 atom stereocenters. The quantitative estimate of drug-likeness (QED) is 0.609. The highest BCUT2D eigenvalue weighted by Crippen LogP contribution is 2.31. The molecule has 152 valence electrons. The minimum Gasteiger partial charge on any atom is -0.476 e. The zero-order valence-corrected chi connectivity index (χ0v) is 16.7. The normalized spacial score (nSPS) is 16.5. The maximum absolute atomic E-state index is 13.0. The molecular weight excluding hydrogens is 420 g/mol. The van der Waals surface area contributed by atoms with Crippen molar-refractivity contribution in [1.29, 1.82) is 0 Å². The summed E-state index contributed by atoms with van der Waals surface area (Å²) in [7, 11) is 0. The molecule has 0 aliphatic carbocycles. The molecule has 4 heterocycles. The first kappa shape index (κ1) is 19.6. The van der Waals surface area contributed by atoms with Gasteiger partial charge in [-0.05, 0) is 25.0 Å². The van der Waals surface area contributed by atoms with Crippen LogP contribution >= 0.6 is 22.9 Å². The Kier molecular flexibility index (Phi) is 5.39. The van der Waals surface area contributed by atoms with Gasteiger partial charge in [0.25, 0.3) is 5.91 Å². The number of hydrogen-bond donors (Lipinski definition) is 2. The van der Waals surface area contributed by atoms with Crippen LogP contribution < -0.4 is 0 Å². The highest BCUT2D eigenvalue weighted by Gasteiger charge is 2.32. The molecule has 1 aliphatic heterocycles. The number of carbonyl (C=O) groups excluding carboxylic acids is 1. The molecule has 1 amide bonds. The maximum atomic E-state index is 13.0. The second-order valence-corrected chi connectivity index (χ2v) is 8.36. The lowest BCUT2D eigenvalue weighted by Gasteiger charge is -2.23. The lowest BCUT2D eigenvalue weighted by atomic mass is 10.2. The summed E-state index contributed by atoms with van der Waals surface area (Å²) in [5.74, 6) is -1.07. The molecule has 1 saturated heterocycles. The second-order valence-electron chi connectivity index (χ2n) is 6.64. The Morgan fingerprint density at radius 1 is 1.34 bits per heavy atom. The minimum absolute atomic E-state index is 0.0641. The fourth-order valence-corrected chi connectivity index (χ4v) is 4.35. The summed E-state index contributed by atoms with van der Waals surface area (Å²) in [6.07, 6.45) is 1.49. The molecule has 1 aliphatic rings. The van der Waals surface area contributed by atoms with E-state index >= 15 is 0 Å². The first-order valence-corrected chi connectivity index (χ1v) is 10.1. The van der Waals surface area contributed by atoms with Crippen LogP contribution in [0.4, 0.5) is 0 Å². The van der Waals surface area contributed by atoms with Crippen molar-refractivity contribution in [3.8, 4) is 10.6 Å². The minimum atomic E-state index is -1.23. The summed E-state index contributed by atoms with van der Waals surface area (Å²) < 4.78 is 7.27. The molecule has 11 heteroatoms. The maximum Gasteiger partial charge on any atom is 0.356 e. The van der Waals surface area contributed by atoms with E-state index in [1.54, 1.807) is 17.0 Å². The fourth-order valence-electron chi connectivity index (χ4n) is 3.36. The van der Waals surface area contributed by atoms with Gasteiger partial charge >= 0.3 is 5.97 Å². The number of carbonyl (C=O) groups is 2. The van der Waals surface area contributed by atoms with Crippen LogP contribution in [0.5, 0.6) is 0 Å². The largest absolute Gasteiger partial charge is 0.476 e. The number of halogens is 1. The van der Waals surface area contributed by atoms with Gasteiger partial charge in [0.15, 0.2) is 11.5 Å². The van der Waals surface area contributed by atoms with Gasteiger partial charge < -0.3 is 19.6 Å². The van der Waals surface area contributed by atoms with Crippen LogP contribution in [0.3, 0.4) is 0 Å². The van der Waals surface area contributed by atoms with Gasteiger partial charge in [-0.15, -0.1) is 11.3 Å². The summed E-state index contributed by atoms with van der Waals surface area (Å²) in [4.78, 5) is 26.7. The lowest BCUT2D eigenvalue weighted by molar-refractivity contribution is 0.0663. The van der Waals surface area contributed by atoms with Crippen molar-refractivity contribution in [2.45, 2.75) is 25.4 Å². The smallest absolute Gasteiger partial charge is 0.356 e. The van der Waals surface area contributed by atoms with Gasteiger partial charge in [0, 0.05) is 18.7 Å². The van der Waals surface area contributed by atoms with Crippen LogP contribution in [0.25, 0.3) is 10.6 Å². The molecular formula is C18H17ClN4O5S. The highest BCUT2D eigenvalue weighted by atomic mass is 35.5. The number of likely N-dealkylation sites (tertiary alicyclic amines) is 1. The lowest BCUT2D eigenvalue weighted by Crippen LogP contribution is -2.38. The van der Waals surface area contributed by atoms with Crippen LogP contribution in [-0.2, 0) is 6.54 Å². The second kappa shape index (κ2) is 7.97. The fraction of sp³-hybridized carbons (Fsp3) is 0.333. The predicted molar refractivity (Wildman–Crippen MR) is 104 cm³/mol. The zero-order valence-electron chi connectivity index (χ0n) is 15.1. The van der Waals surface area contributed by atoms with Crippen LogP contribution in [-0.4, -0.2) is 61.1 Å². The van der Waals surface area contributed by atoms with E-state index in [1.165, 1.54) is 22.1 Å². The Balaban J connectivity index is 1.62. The molecule has 3 aromatic heterocycles. The Hall–Kier alpha value is -2.69. The van der Waals surface area contributed by atoms with Gasteiger partial charge in [-0.25, -0.2) is 4.79 Å². The number of aliphatic hydroxyl groups is 1. The molecule has 0 spiro atoms. The molecule has 0 aromatic carbocycles. The number of aliphatic hydroxyl groups excluding tert-OH is 1. The van der Waals surface area contributed by atoms with Gasteiger partial charge in [0.1, 0.15) is 11.4 Å². The third-order valence-corrected chi connectivity index (χ3v) is 6.00. The Labute approximate surface area is 174 Å². The first-order valence-electron chi connectivity index (χ1n) is 8.90. The predicted octanol–water partition coefficient (Wildman–Crippen LogP) is 2.60. The third kappa shape index (κ3) is 3.91. The van der Waals surface area contributed by atoms with Crippen LogP contribution in [0, 0.1) is 0 Å². The molecule has 9 nitrogen and oxygen atoms in total. The molecule has 1 fully saturated rings. The number of aromatic nitrogens is 3. The third-order valence-electron chi connectivity index (χ3n) is 4.75. The van der Waals surface area contributed by atoms with Gasteiger partial charge in [-0.3, -0.25) is 9.48 Å². The summed E-state index contributed by atoms with van der Waals surface area (Å²) in [6, 6.07) is 6.23. The monoisotopic (exact) mass is 436 g/mol. The molecule has 29 heavy (non-hydrogen) atoms. The van der Waals surface area contributed by atoms with Crippen molar-refractivity contribution in [2.24, 2.45) is 0 Å². The highest BCUT2D eigenvalue weighted by molar-refractivity contribution is 7.19. The van der Waals surface area contributed by atoms with Gasteiger partial charge in [0.2, 0.25) is 0 Å². The molecule has 0 radical (unpaired) electrons. The molecule has 2 N–H and O–H groups in total. The summed E-state index contributed by atoms with van der Waals surface area (Å²) in [5.41, 5.74) is 0.382. The Morgan fingerprint density at radius 3 is 2.86 bits per heavy atom. The van der Waals surface area contributed by atoms with Crippen molar-refractivity contribution in [2.75, 3.05) is 13.2 Å². The van der Waals surface area contributed by atoms with E-state index in [4.69, 9.17) is 16.1 Å². The van der Waals surface area contributed by atoms with E-state index in [0.29, 0.717) is 28.8 Å². The van der Waals surface area contributed by atoms with E-state index in [-0.39, 0.29) is 36.5 Å². The summed E-state index contributed by atoms with van der Waals surface area (Å²) in [6.45, 7) is 0.432. The number of hydrogen-bond acceptors (Lipinski definition) is 7. The SMILES string of the molecule is O=C(O)c1cc(C(=O)N2CCCC2CO)n(Cc2cc(-c3ccc(Cl)s3)on2)n1. The Bertz CT molecular complexity index is 1060. The average molecular weight is 437 g/mol. The number of carboxylic acid groups (broad SMARTS) is 1. The molecule has 0 saturated carbocycles. The average Bonchev–Trinajstić information content (AvgIpc) is 3.47. The van der Waals surface area contributed by atoms with Gasteiger partial charge in [0.05, 0.1) is 28.4 Å². The number of rotatable bonds is 6. The van der Waals surface area contributed by atoms with E-state index in [0.717, 1.165) is 11.3 Å². The number of nitrogens with zero attached hydrogens (tertiary/aromatic N) is 4. The van der Waals surface area contributed by atoms with Crippen molar-refractivity contribution < 1.29 is 24.3 Å². The topological polar surface area (TPSA) is 122 Å². The molecule has 1 unspecified atom stereocenters. The van der Waals surface area contributed by atoms with E-state index in [2.05, 4.69) is 10.3 Å². The molecule has 4 rings (SSSR count). The number of carboxylic acids is 1. The van der Waals surface area contributed by atoms with E-state index in [1.807, 2.05) is 6.07 Å². The van der Waals surface area contributed by atoms with Crippen molar-refractivity contribution in [1.82, 2.24) is 19.8 Å². The van der Waals surface area contributed by atoms with Crippen molar-refractivity contribution in [3.05, 3.63) is 45.7 Å². The first-order chi connectivity index (χ1) is 14.0. The summed E-state index contributed by atoms with van der Waals surface area (Å²) in [5, 5.41) is 26.8. The van der Waals surface area contributed by atoms with Gasteiger partial charge in [-0.2, -0.15) is 5.10 Å². The number of thiophene rings is 1. The summed E-state index contributed by atoms with van der Waals surface area (Å²) >= 11 is 7.29. The number of amides is 1. The van der Waals surface area contributed by atoms with Crippen molar-refractivity contribution >= 4 is 34.8 Å². The van der Waals surface area contributed by atoms with Crippen LogP contribution in [0.1, 0.15) is 39.5 Å². The molecule has 0 bridgehead atoms. The van der Waals surface area contributed by atoms with Crippen LogP contribution in [0.2, 0.25) is 4.34 Å². The van der Waals surface area contributed by atoms with Crippen molar-refractivity contribution in [3.63, 3.8) is 0 Å². The standard InChI is InChI=1S/C18H17ClN4O5S/c19-16-4-3-15(29-16)14-6-10(21-28-14)8-23-13(7-12(20-23)18(26)27)17(25)22-5-1-2-11(22)9-24/h3-4,6-7,11,24H,1-2,5,8-9H2,(H,26,27). The number of aromatic carboxylic acids is 1. The van der Waals surface area contributed by atoms with E-state index < -0.39 is 5.97 Å².